The number of amides is 2. The highest BCUT2D eigenvalue weighted by Gasteiger charge is 2.65. The molecular formula is C36H38F6N4O5S. The minimum atomic E-state index is -10.3. The molecule has 1 fully saturated rings. The van der Waals surface area contributed by atoms with Crippen molar-refractivity contribution in [1.29, 1.82) is 0 Å². The molecule has 1 unspecified atom stereocenters. The SMILES string of the molecule is CCOc1cc(OCc2ccc(OC)cc2)ncc1-c1ccc(CC(=O)Nc2cc(C(=O)N3CCC(N(C)C)C3)cc(S(F)(F)(F)(F)F)c2)c(F)c1. The molecule has 52 heavy (non-hydrogen) atoms. The number of likely N-dealkylation sites (N-methyl/N-ethyl adjacent to an activating group) is 1. The van der Waals surface area contributed by atoms with Crippen molar-refractivity contribution < 1.29 is 47.6 Å². The molecule has 1 atom stereocenters. The molecule has 1 aliphatic rings. The standard InChI is InChI=1S/C36H38F6N4O5S/c1-5-50-33-19-35(51-22-23-6-10-29(49-4)11-7-23)43-20-31(33)24-8-9-25(32(37)16-24)17-34(47)44-27-14-26(15-30(18-27)52(38,39,40,41)42)36(48)46-13-12-28(21-46)45(2)3/h6-11,14-16,18-20,28H,5,12-13,17,21-22H2,1-4H3,(H,44,47). The number of ether oxygens (including phenoxy) is 3. The molecular weight excluding hydrogens is 714 g/mol. The number of methoxy groups -OCH3 is 1. The highest BCUT2D eigenvalue weighted by molar-refractivity contribution is 8.45. The first-order valence-electron chi connectivity index (χ1n) is 16.2. The zero-order chi connectivity index (χ0) is 37.9. The van der Waals surface area contributed by atoms with Crippen LogP contribution in [-0.4, -0.2) is 73.5 Å². The van der Waals surface area contributed by atoms with Crippen molar-refractivity contribution in [2.24, 2.45) is 0 Å². The van der Waals surface area contributed by atoms with Gasteiger partial charge in [0.05, 0.1) is 20.1 Å². The van der Waals surface area contributed by atoms with Crippen LogP contribution in [0.4, 0.5) is 29.5 Å². The van der Waals surface area contributed by atoms with Crippen LogP contribution >= 0.6 is 10.2 Å². The van der Waals surface area contributed by atoms with Gasteiger partial charge in [0.1, 0.15) is 28.8 Å². The predicted octanol–water partition coefficient (Wildman–Crippen LogP) is 8.49. The third kappa shape index (κ3) is 9.47. The number of hydrogen-bond acceptors (Lipinski definition) is 7. The number of benzene rings is 3. The van der Waals surface area contributed by atoms with Gasteiger partial charge in [-0.25, -0.2) is 9.37 Å². The number of nitrogens with zero attached hydrogens (tertiary/aromatic N) is 3. The van der Waals surface area contributed by atoms with Gasteiger partial charge >= 0.3 is 10.2 Å². The molecule has 280 valence electrons. The molecule has 4 aromatic rings. The van der Waals surface area contributed by atoms with Crippen LogP contribution in [0.2, 0.25) is 0 Å². The van der Waals surface area contributed by atoms with Crippen molar-refractivity contribution in [3.8, 4) is 28.5 Å². The van der Waals surface area contributed by atoms with Crippen molar-refractivity contribution >= 4 is 27.7 Å². The summed E-state index contributed by atoms with van der Waals surface area (Å²) in [5.41, 5.74) is 0.178. The normalized spacial score (nSPS) is 15.9. The fourth-order valence-corrected chi connectivity index (χ4v) is 6.35. The molecule has 2 heterocycles. The van der Waals surface area contributed by atoms with Gasteiger partial charge < -0.3 is 29.3 Å². The van der Waals surface area contributed by atoms with Gasteiger partial charge in [0.25, 0.3) is 5.91 Å². The zero-order valence-corrected chi connectivity index (χ0v) is 29.6. The van der Waals surface area contributed by atoms with Crippen molar-refractivity contribution in [1.82, 2.24) is 14.8 Å². The Morgan fingerprint density at radius 1 is 0.981 bits per heavy atom. The molecule has 0 spiro atoms. The summed E-state index contributed by atoms with van der Waals surface area (Å²) in [6.45, 7) is 2.66. The highest BCUT2D eigenvalue weighted by Crippen LogP contribution is 3.02. The summed E-state index contributed by atoms with van der Waals surface area (Å²) in [7, 11) is -5.14. The summed E-state index contributed by atoms with van der Waals surface area (Å²) in [5, 5.41) is 2.14. The summed E-state index contributed by atoms with van der Waals surface area (Å²) in [5.74, 6) is -1.39. The third-order valence-electron chi connectivity index (χ3n) is 8.47. The molecule has 0 saturated carbocycles. The monoisotopic (exact) mass is 752 g/mol. The lowest BCUT2D eigenvalue weighted by Crippen LogP contribution is -2.34. The van der Waals surface area contributed by atoms with E-state index >= 15 is 4.39 Å². The zero-order valence-electron chi connectivity index (χ0n) is 28.8. The smallest absolute Gasteiger partial charge is 0.310 e. The maximum atomic E-state index is 15.4. The van der Waals surface area contributed by atoms with Crippen LogP contribution in [0.5, 0.6) is 17.4 Å². The first-order chi connectivity index (χ1) is 24.3. The number of anilines is 1. The summed E-state index contributed by atoms with van der Waals surface area (Å²) >= 11 is 0. The number of likely N-dealkylation sites (tertiary alicyclic amines) is 1. The summed E-state index contributed by atoms with van der Waals surface area (Å²) in [6.07, 6.45) is 1.34. The van der Waals surface area contributed by atoms with E-state index in [1.165, 1.54) is 23.2 Å². The van der Waals surface area contributed by atoms with E-state index in [1.807, 2.05) is 17.0 Å². The topological polar surface area (TPSA) is 93.2 Å². The minimum Gasteiger partial charge on any atom is -0.497 e. The van der Waals surface area contributed by atoms with Crippen molar-refractivity contribution in [2.45, 2.75) is 37.3 Å². The second kappa shape index (κ2) is 14.2. The molecule has 1 saturated heterocycles. The number of aromatic nitrogens is 1. The maximum Gasteiger partial charge on any atom is 0.310 e. The van der Waals surface area contributed by atoms with Gasteiger partial charge in [-0.15, -0.1) is 0 Å². The summed E-state index contributed by atoms with van der Waals surface area (Å²) in [6, 6.07) is 13.8. The lowest BCUT2D eigenvalue weighted by atomic mass is 10.0. The van der Waals surface area contributed by atoms with Crippen LogP contribution in [0, 0.1) is 5.82 Å². The van der Waals surface area contributed by atoms with Crippen molar-refractivity contribution in [3.63, 3.8) is 0 Å². The molecule has 1 aromatic heterocycles. The summed E-state index contributed by atoms with van der Waals surface area (Å²) < 4.78 is 102. The Labute approximate surface area is 297 Å². The van der Waals surface area contributed by atoms with E-state index in [-0.39, 0.29) is 55.9 Å². The Bertz CT molecular complexity index is 1960. The third-order valence-corrected chi connectivity index (χ3v) is 9.59. The van der Waals surface area contributed by atoms with E-state index in [0.29, 0.717) is 29.0 Å². The average Bonchev–Trinajstić information content (AvgIpc) is 3.58. The van der Waals surface area contributed by atoms with Gasteiger partial charge in [-0.2, -0.15) is 0 Å². The van der Waals surface area contributed by atoms with Gasteiger partial charge in [-0.3, -0.25) is 9.59 Å². The number of carbonyl (C=O) groups excluding carboxylic acids is 2. The van der Waals surface area contributed by atoms with Crippen LogP contribution in [0.15, 0.2) is 77.8 Å². The fraction of sp³-hybridized carbons (Fsp3) is 0.306. The van der Waals surface area contributed by atoms with Gasteiger partial charge in [0.15, 0.2) is 0 Å². The maximum absolute atomic E-state index is 15.4. The van der Waals surface area contributed by atoms with E-state index in [9.17, 15) is 29.0 Å². The second-order valence-corrected chi connectivity index (χ2v) is 14.9. The molecule has 5 rings (SSSR count). The fourth-order valence-electron chi connectivity index (χ4n) is 5.65. The lowest BCUT2D eigenvalue weighted by Gasteiger charge is -2.41. The molecule has 16 heteroatoms. The number of hydrogen-bond donors (Lipinski definition) is 1. The highest BCUT2D eigenvalue weighted by atomic mass is 32.5. The van der Waals surface area contributed by atoms with E-state index in [2.05, 4.69) is 10.3 Å². The van der Waals surface area contributed by atoms with E-state index < -0.39 is 50.4 Å². The van der Waals surface area contributed by atoms with E-state index in [1.54, 1.807) is 46.3 Å². The average molecular weight is 753 g/mol. The molecule has 3 aromatic carbocycles. The summed E-state index contributed by atoms with van der Waals surface area (Å²) in [4.78, 5) is 31.2. The van der Waals surface area contributed by atoms with Crippen LogP contribution in [0.25, 0.3) is 11.1 Å². The van der Waals surface area contributed by atoms with Crippen LogP contribution in [0.3, 0.4) is 0 Å². The van der Waals surface area contributed by atoms with Crippen LogP contribution in [0.1, 0.15) is 34.8 Å². The Hall–Kier alpha value is -4.96. The Balaban J connectivity index is 1.32. The molecule has 1 N–H and O–H groups in total. The van der Waals surface area contributed by atoms with E-state index in [4.69, 9.17) is 14.2 Å². The minimum absolute atomic E-state index is 0.0608. The number of pyridine rings is 1. The van der Waals surface area contributed by atoms with Gasteiger partial charge in [-0.05, 0) is 80.5 Å². The number of carbonyl (C=O) groups is 2. The molecule has 2 amide bonds. The first kappa shape index (κ1) is 38.3. The Kier molecular flexibility index (Phi) is 10.5. The molecule has 9 nitrogen and oxygen atoms in total. The van der Waals surface area contributed by atoms with E-state index in [0.717, 1.165) is 17.7 Å². The number of halogens is 6. The van der Waals surface area contributed by atoms with Crippen molar-refractivity contribution in [2.75, 3.05) is 46.2 Å². The lowest BCUT2D eigenvalue weighted by molar-refractivity contribution is -0.115. The molecule has 1 aliphatic heterocycles. The molecule has 0 bridgehead atoms. The Morgan fingerprint density at radius 3 is 2.33 bits per heavy atom. The first-order valence-corrected chi connectivity index (χ1v) is 18.1. The molecule has 0 radical (unpaired) electrons. The second-order valence-electron chi connectivity index (χ2n) is 12.5. The van der Waals surface area contributed by atoms with Gasteiger partial charge in [0.2, 0.25) is 11.8 Å². The van der Waals surface area contributed by atoms with Gasteiger partial charge in [0, 0.05) is 48.2 Å². The largest absolute Gasteiger partial charge is 0.497 e. The van der Waals surface area contributed by atoms with Crippen LogP contribution < -0.4 is 19.5 Å². The van der Waals surface area contributed by atoms with Crippen LogP contribution in [-0.2, 0) is 17.8 Å². The number of rotatable bonds is 13. The van der Waals surface area contributed by atoms with Gasteiger partial charge in [-0.1, -0.05) is 43.7 Å². The number of nitrogens with one attached hydrogen (secondary N) is 1. The predicted molar refractivity (Wildman–Crippen MR) is 186 cm³/mol. The Morgan fingerprint density at radius 2 is 1.71 bits per heavy atom. The van der Waals surface area contributed by atoms with Crippen molar-refractivity contribution in [3.05, 3.63) is 95.4 Å². The quantitative estimate of drug-likeness (QED) is 0.137. The molecule has 0 aliphatic carbocycles.